The molecule has 3 rings (SSSR count). The number of allylic oxidation sites excluding steroid dienone is 5. The summed E-state index contributed by atoms with van der Waals surface area (Å²) in [6.45, 7) is 4.25. The van der Waals surface area contributed by atoms with Crippen LogP contribution in [0.3, 0.4) is 0 Å². The highest BCUT2D eigenvalue weighted by Crippen LogP contribution is 2.31. The van der Waals surface area contributed by atoms with Gasteiger partial charge in [-0.3, -0.25) is 0 Å². The van der Waals surface area contributed by atoms with Crippen LogP contribution < -0.4 is 5.73 Å². The van der Waals surface area contributed by atoms with Gasteiger partial charge in [0, 0.05) is 5.69 Å². The molecule has 0 saturated carbocycles. The number of nitrogens with one attached hydrogen (secondary N) is 1. The van der Waals surface area contributed by atoms with E-state index in [-0.39, 0.29) is 0 Å². The lowest BCUT2D eigenvalue weighted by Crippen LogP contribution is -1.98. The van der Waals surface area contributed by atoms with Gasteiger partial charge in [0.05, 0.1) is 5.71 Å². The van der Waals surface area contributed by atoms with Gasteiger partial charge in [-0.2, -0.15) is 0 Å². The number of nitrogens with two attached hydrogens (primary N) is 1. The molecule has 2 aromatic carbocycles. The van der Waals surface area contributed by atoms with Crippen LogP contribution >= 0.6 is 0 Å². The van der Waals surface area contributed by atoms with Gasteiger partial charge in [-0.1, -0.05) is 42.5 Å². The lowest BCUT2D eigenvalue weighted by atomic mass is 9.89. The fraction of sp³-hybridized carbons (Fsp3) is 0.0952. The van der Waals surface area contributed by atoms with E-state index in [4.69, 9.17) is 11.1 Å². The van der Waals surface area contributed by atoms with E-state index >= 15 is 0 Å². The van der Waals surface area contributed by atoms with Crippen molar-refractivity contribution in [2.24, 2.45) is 0 Å². The molecule has 0 aromatic heterocycles. The third-order valence-corrected chi connectivity index (χ3v) is 4.17. The summed E-state index contributed by atoms with van der Waals surface area (Å²) in [4.78, 5) is 0. The van der Waals surface area contributed by atoms with Crippen molar-refractivity contribution >= 4 is 17.0 Å². The van der Waals surface area contributed by atoms with E-state index in [0.717, 1.165) is 22.4 Å². The van der Waals surface area contributed by atoms with Crippen molar-refractivity contribution in [3.8, 4) is 0 Å². The molecule has 0 heterocycles. The molecule has 23 heavy (non-hydrogen) atoms. The predicted octanol–water partition coefficient (Wildman–Crippen LogP) is 4.83. The summed E-state index contributed by atoms with van der Waals surface area (Å²) >= 11 is 0. The monoisotopic (exact) mass is 300 g/mol. The van der Waals surface area contributed by atoms with Gasteiger partial charge in [-0.25, -0.2) is 0 Å². The summed E-state index contributed by atoms with van der Waals surface area (Å²) in [5.41, 5.74) is 14.2. The van der Waals surface area contributed by atoms with Crippen LogP contribution in [-0.4, -0.2) is 5.71 Å². The molecule has 1 aliphatic carbocycles. The van der Waals surface area contributed by atoms with Gasteiger partial charge in [0.25, 0.3) is 0 Å². The molecule has 0 unspecified atom stereocenters. The van der Waals surface area contributed by atoms with Crippen LogP contribution in [0.25, 0.3) is 5.57 Å². The first-order chi connectivity index (χ1) is 11.0. The Bertz CT molecular complexity index is 832. The van der Waals surface area contributed by atoms with Crippen molar-refractivity contribution in [1.82, 2.24) is 0 Å². The fourth-order valence-corrected chi connectivity index (χ4v) is 2.68. The van der Waals surface area contributed by atoms with Gasteiger partial charge in [0.1, 0.15) is 0 Å². The predicted molar refractivity (Wildman–Crippen MR) is 98.8 cm³/mol. The second-order valence-electron chi connectivity index (χ2n) is 5.87. The molecular weight excluding hydrogens is 280 g/mol. The van der Waals surface area contributed by atoms with E-state index in [2.05, 4.69) is 44.2 Å². The molecule has 0 fully saturated rings. The molecule has 114 valence electrons. The Morgan fingerprint density at radius 3 is 2.00 bits per heavy atom. The van der Waals surface area contributed by atoms with Gasteiger partial charge in [0.15, 0.2) is 0 Å². The van der Waals surface area contributed by atoms with Crippen LogP contribution in [0.5, 0.6) is 0 Å². The van der Waals surface area contributed by atoms with Crippen molar-refractivity contribution < 1.29 is 0 Å². The van der Waals surface area contributed by atoms with Gasteiger partial charge >= 0.3 is 0 Å². The quantitative estimate of drug-likeness (QED) is 0.766. The first-order valence-electron chi connectivity index (χ1n) is 7.67. The largest absolute Gasteiger partial charge is 0.399 e. The molecule has 1 aliphatic rings. The van der Waals surface area contributed by atoms with Gasteiger partial charge < -0.3 is 11.1 Å². The van der Waals surface area contributed by atoms with E-state index in [1.54, 1.807) is 0 Å². The molecule has 0 saturated heterocycles. The summed E-state index contributed by atoms with van der Waals surface area (Å²) < 4.78 is 0. The summed E-state index contributed by atoms with van der Waals surface area (Å²) in [5, 5.41) is 7.71. The van der Waals surface area contributed by atoms with Crippen LogP contribution in [0.2, 0.25) is 0 Å². The molecule has 0 radical (unpaired) electrons. The van der Waals surface area contributed by atoms with Crippen molar-refractivity contribution in [2.75, 3.05) is 5.73 Å². The minimum atomic E-state index is 0.519. The minimum absolute atomic E-state index is 0.519. The second kappa shape index (κ2) is 6.09. The number of hydrogen-bond donors (Lipinski definition) is 2. The smallest absolute Gasteiger partial charge is 0.0540 e. The van der Waals surface area contributed by atoms with Crippen LogP contribution in [0.1, 0.15) is 22.3 Å². The summed E-state index contributed by atoms with van der Waals surface area (Å²) in [7, 11) is 0. The van der Waals surface area contributed by atoms with E-state index < -0.39 is 0 Å². The third-order valence-electron chi connectivity index (χ3n) is 4.17. The number of aryl methyl sites for hydroxylation is 2. The average molecular weight is 300 g/mol. The molecule has 3 N–H and O–H groups in total. The highest BCUT2D eigenvalue weighted by Gasteiger charge is 2.11. The number of rotatable bonds is 2. The van der Waals surface area contributed by atoms with Crippen molar-refractivity contribution in [1.29, 1.82) is 5.41 Å². The van der Waals surface area contributed by atoms with Crippen molar-refractivity contribution in [2.45, 2.75) is 13.8 Å². The maximum Gasteiger partial charge on any atom is 0.0540 e. The zero-order valence-corrected chi connectivity index (χ0v) is 13.4. The summed E-state index contributed by atoms with van der Waals surface area (Å²) in [5.74, 6) is 0. The first kappa shape index (κ1) is 15.0. The van der Waals surface area contributed by atoms with E-state index in [0.29, 0.717) is 5.71 Å². The molecule has 0 aliphatic heterocycles. The lowest BCUT2D eigenvalue weighted by Gasteiger charge is -2.15. The standard InChI is InChI=1S/C21H20N2/c1-14-3-4-18(13-15(14)2)21(16-5-9-19(22)10-6-16)17-7-11-20(23)12-8-17/h3-13,22H,23H2,1-2H3. The Balaban J connectivity index is 2.22. The Morgan fingerprint density at radius 2 is 1.39 bits per heavy atom. The van der Waals surface area contributed by atoms with Crippen LogP contribution in [0.4, 0.5) is 5.69 Å². The van der Waals surface area contributed by atoms with E-state index in [1.807, 2.05) is 36.4 Å². The van der Waals surface area contributed by atoms with Crippen LogP contribution in [0, 0.1) is 19.3 Å². The molecular formula is C21H20N2. The van der Waals surface area contributed by atoms with Crippen molar-refractivity contribution in [3.05, 3.63) is 94.6 Å². The average Bonchev–Trinajstić information content (AvgIpc) is 2.55. The Labute approximate surface area is 137 Å². The normalized spacial score (nSPS) is 13.5. The Kier molecular flexibility index (Phi) is 3.98. The summed E-state index contributed by atoms with van der Waals surface area (Å²) in [6, 6.07) is 14.5. The first-order valence-corrected chi connectivity index (χ1v) is 7.67. The lowest BCUT2D eigenvalue weighted by molar-refractivity contribution is 1.32. The molecule has 0 amide bonds. The minimum Gasteiger partial charge on any atom is -0.399 e. The zero-order chi connectivity index (χ0) is 16.4. The fourth-order valence-electron chi connectivity index (χ4n) is 2.68. The SMILES string of the molecule is Cc1ccc(C(=C2C=CC(=N)C=C2)c2ccc(N)cc2)cc1C. The maximum atomic E-state index is 7.71. The van der Waals surface area contributed by atoms with E-state index in [1.165, 1.54) is 16.7 Å². The van der Waals surface area contributed by atoms with Crippen molar-refractivity contribution in [3.63, 3.8) is 0 Å². The van der Waals surface area contributed by atoms with Gasteiger partial charge in [-0.15, -0.1) is 0 Å². The highest BCUT2D eigenvalue weighted by molar-refractivity contribution is 6.05. The number of hydrogen-bond acceptors (Lipinski definition) is 2. The van der Waals surface area contributed by atoms with Crippen LogP contribution in [-0.2, 0) is 0 Å². The van der Waals surface area contributed by atoms with E-state index in [9.17, 15) is 0 Å². The number of nitrogen functional groups attached to an aromatic ring is 1. The Morgan fingerprint density at radius 1 is 0.783 bits per heavy atom. The number of anilines is 1. The van der Waals surface area contributed by atoms with Gasteiger partial charge in [0.2, 0.25) is 0 Å². The number of benzene rings is 2. The molecule has 0 atom stereocenters. The molecule has 2 nitrogen and oxygen atoms in total. The molecule has 2 heteroatoms. The summed E-state index contributed by atoms with van der Waals surface area (Å²) in [6.07, 6.45) is 7.66. The molecule has 2 aromatic rings. The highest BCUT2D eigenvalue weighted by atomic mass is 14.5. The zero-order valence-electron chi connectivity index (χ0n) is 13.4. The second-order valence-corrected chi connectivity index (χ2v) is 5.87. The van der Waals surface area contributed by atoms with Crippen LogP contribution in [0.15, 0.2) is 72.3 Å². The maximum absolute atomic E-state index is 7.71. The molecule has 0 bridgehead atoms. The Hall–Kier alpha value is -2.87. The topological polar surface area (TPSA) is 49.9 Å². The third kappa shape index (κ3) is 3.16. The van der Waals surface area contributed by atoms with Gasteiger partial charge in [-0.05, 0) is 71.5 Å². The molecule has 0 spiro atoms.